The van der Waals surface area contributed by atoms with Crippen molar-refractivity contribution in [1.29, 1.82) is 0 Å². The lowest BCUT2D eigenvalue weighted by atomic mass is 10.3. The zero-order valence-corrected chi connectivity index (χ0v) is 12.4. The van der Waals surface area contributed by atoms with Gasteiger partial charge in [0.2, 0.25) is 0 Å². The van der Waals surface area contributed by atoms with Gasteiger partial charge in [-0.25, -0.2) is 0 Å². The van der Waals surface area contributed by atoms with E-state index in [0.29, 0.717) is 0 Å². The lowest BCUT2D eigenvalue weighted by Gasteiger charge is -2.25. The summed E-state index contributed by atoms with van der Waals surface area (Å²) in [6.45, 7) is -0.0129. The summed E-state index contributed by atoms with van der Waals surface area (Å²) in [5, 5.41) is 21.9. The molecule has 0 radical (unpaired) electrons. The molecule has 7 heteroatoms. The number of rotatable bonds is 8. The highest BCUT2D eigenvalue weighted by atomic mass is 28.4. The van der Waals surface area contributed by atoms with Gasteiger partial charge in [0.05, 0.1) is 12.7 Å². The minimum Gasteiger partial charge on any atom is -0.394 e. The van der Waals surface area contributed by atoms with Gasteiger partial charge >= 0.3 is 8.80 Å². The SMILES string of the molecule is CO[Si](OC)(OC)c1cccc(NCC(O)CO)c1. The molecule has 0 aliphatic heterocycles. The molecule has 0 saturated heterocycles. The second kappa shape index (κ2) is 7.58. The molecule has 0 amide bonds. The van der Waals surface area contributed by atoms with Crippen LogP contribution in [0.1, 0.15) is 0 Å². The largest absolute Gasteiger partial charge is 0.536 e. The Morgan fingerprint density at radius 2 is 1.84 bits per heavy atom. The number of hydrogen-bond donors (Lipinski definition) is 3. The molecule has 108 valence electrons. The van der Waals surface area contributed by atoms with E-state index in [0.717, 1.165) is 10.9 Å². The normalized spacial score (nSPS) is 13.3. The maximum atomic E-state index is 9.31. The fourth-order valence-corrected chi connectivity index (χ4v) is 3.56. The van der Waals surface area contributed by atoms with Crippen LogP contribution in [-0.4, -0.2) is 59.6 Å². The van der Waals surface area contributed by atoms with Gasteiger partial charge in [-0.3, -0.25) is 0 Å². The number of anilines is 1. The summed E-state index contributed by atoms with van der Waals surface area (Å²) >= 11 is 0. The Bertz CT molecular complexity index is 378. The topological polar surface area (TPSA) is 80.2 Å². The molecule has 3 N–H and O–H groups in total. The molecule has 1 aromatic carbocycles. The van der Waals surface area contributed by atoms with Crippen molar-refractivity contribution in [3.05, 3.63) is 24.3 Å². The van der Waals surface area contributed by atoms with Crippen LogP contribution in [0.3, 0.4) is 0 Å². The lowest BCUT2D eigenvalue weighted by Crippen LogP contribution is -2.54. The third kappa shape index (κ3) is 4.00. The number of aliphatic hydroxyl groups excluding tert-OH is 2. The fraction of sp³-hybridized carbons (Fsp3) is 0.500. The summed E-state index contributed by atoms with van der Waals surface area (Å²) in [7, 11) is 1.81. The summed E-state index contributed by atoms with van der Waals surface area (Å²) in [6.07, 6.45) is -0.794. The Balaban J connectivity index is 2.86. The van der Waals surface area contributed by atoms with Gasteiger partial charge in [-0.1, -0.05) is 12.1 Å². The molecule has 0 bridgehead atoms. The maximum Gasteiger partial charge on any atom is 0.536 e. The van der Waals surface area contributed by atoms with Crippen LogP contribution in [0, 0.1) is 0 Å². The van der Waals surface area contributed by atoms with E-state index in [1.54, 1.807) is 21.3 Å². The Morgan fingerprint density at radius 1 is 1.21 bits per heavy atom. The molecule has 0 heterocycles. The standard InChI is InChI=1S/C12H21NO5Si/c1-16-19(17-2,18-3)12-6-4-5-10(7-12)13-8-11(15)9-14/h4-7,11,13-15H,8-9H2,1-3H3. The molecule has 1 rings (SSSR count). The Hall–Kier alpha value is -0.963. The van der Waals surface area contributed by atoms with E-state index in [-0.39, 0.29) is 13.2 Å². The first kappa shape index (κ1) is 16.1. The predicted octanol–water partition coefficient (Wildman–Crippen LogP) is -0.463. The van der Waals surface area contributed by atoms with Gasteiger partial charge in [-0.05, 0) is 12.1 Å². The average molecular weight is 287 g/mol. The van der Waals surface area contributed by atoms with Crippen LogP contribution in [0.25, 0.3) is 0 Å². The van der Waals surface area contributed by atoms with Crippen LogP contribution in [0.4, 0.5) is 5.69 Å². The molecule has 0 fully saturated rings. The molecule has 6 nitrogen and oxygen atoms in total. The van der Waals surface area contributed by atoms with Gasteiger partial charge < -0.3 is 28.8 Å². The van der Waals surface area contributed by atoms with E-state index in [4.69, 9.17) is 18.4 Å². The third-order valence-corrected chi connectivity index (χ3v) is 5.41. The molecule has 1 unspecified atom stereocenters. The monoisotopic (exact) mass is 287 g/mol. The number of hydrogen-bond acceptors (Lipinski definition) is 6. The first-order valence-electron chi connectivity index (χ1n) is 5.90. The second-order valence-electron chi connectivity index (χ2n) is 3.97. The number of nitrogens with one attached hydrogen (secondary N) is 1. The van der Waals surface area contributed by atoms with Crippen molar-refractivity contribution >= 4 is 19.7 Å². The van der Waals surface area contributed by atoms with Crippen molar-refractivity contribution in [2.45, 2.75) is 6.10 Å². The molecular weight excluding hydrogens is 266 g/mol. The van der Waals surface area contributed by atoms with E-state index >= 15 is 0 Å². The summed E-state index contributed by atoms with van der Waals surface area (Å²) < 4.78 is 16.2. The first-order valence-corrected chi connectivity index (χ1v) is 7.63. The molecular formula is C12H21NO5Si. The average Bonchev–Trinajstić information content (AvgIpc) is 2.47. The van der Waals surface area contributed by atoms with Gasteiger partial charge in [-0.2, -0.15) is 0 Å². The Kier molecular flexibility index (Phi) is 6.42. The van der Waals surface area contributed by atoms with Crippen LogP contribution in [-0.2, 0) is 13.3 Å². The minimum absolute atomic E-state index is 0.265. The van der Waals surface area contributed by atoms with E-state index in [9.17, 15) is 5.11 Å². The molecule has 19 heavy (non-hydrogen) atoms. The first-order chi connectivity index (χ1) is 9.11. The van der Waals surface area contributed by atoms with Crippen molar-refractivity contribution in [2.75, 3.05) is 39.8 Å². The van der Waals surface area contributed by atoms with Crippen LogP contribution in [0.15, 0.2) is 24.3 Å². The minimum atomic E-state index is -2.84. The molecule has 0 aliphatic rings. The van der Waals surface area contributed by atoms with Crippen LogP contribution in [0.5, 0.6) is 0 Å². The van der Waals surface area contributed by atoms with Gasteiger partial charge in [0.15, 0.2) is 0 Å². The highest BCUT2D eigenvalue weighted by Crippen LogP contribution is 2.11. The summed E-state index contributed by atoms with van der Waals surface area (Å²) in [6, 6.07) is 7.43. The van der Waals surface area contributed by atoms with E-state index in [2.05, 4.69) is 5.32 Å². The number of aliphatic hydroxyl groups is 2. The van der Waals surface area contributed by atoms with Gasteiger partial charge in [0, 0.05) is 38.7 Å². The smallest absolute Gasteiger partial charge is 0.394 e. The number of benzene rings is 1. The highest BCUT2D eigenvalue weighted by Gasteiger charge is 2.40. The predicted molar refractivity (Wildman–Crippen MR) is 74.4 cm³/mol. The third-order valence-electron chi connectivity index (χ3n) is 2.77. The molecule has 0 saturated carbocycles. The molecule has 0 spiro atoms. The highest BCUT2D eigenvalue weighted by molar-refractivity contribution is 6.75. The summed E-state index contributed by atoms with van der Waals surface area (Å²) in [4.78, 5) is 0. The molecule has 1 atom stereocenters. The van der Waals surface area contributed by atoms with Gasteiger partial charge in [-0.15, -0.1) is 0 Å². The van der Waals surface area contributed by atoms with Crippen LogP contribution in [0.2, 0.25) is 0 Å². The lowest BCUT2D eigenvalue weighted by molar-refractivity contribution is 0.105. The molecule has 0 aliphatic carbocycles. The molecule has 1 aromatic rings. The van der Waals surface area contributed by atoms with Crippen molar-refractivity contribution in [2.24, 2.45) is 0 Å². The zero-order chi connectivity index (χ0) is 14.3. The fourth-order valence-electron chi connectivity index (χ4n) is 1.72. The van der Waals surface area contributed by atoms with Crippen molar-refractivity contribution in [1.82, 2.24) is 0 Å². The zero-order valence-electron chi connectivity index (χ0n) is 11.4. The van der Waals surface area contributed by atoms with Crippen molar-refractivity contribution < 1.29 is 23.5 Å². The quantitative estimate of drug-likeness (QED) is 0.561. The van der Waals surface area contributed by atoms with E-state index in [1.807, 2.05) is 24.3 Å². The summed E-state index contributed by atoms with van der Waals surface area (Å²) in [5.41, 5.74) is 0.799. The van der Waals surface area contributed by atoms with E-state index in [1.165, 1.54) is 0 Å². The van der Waals surface area contributed by atoms with Crippen molar-refractivity contribution in [3.8, 4) is 0 Å². The maximum absolute atomic E-state index is 9.31. The van der Waals surface area contributed by atoms with Crippen LogP contribution >= 0.6 is 0 Å². The van der Waals surface area contributed by atoms with Gasteiger partial charge in [0.1, 0.15) is 0 Å². The van der Waals surface area contributed by atoms with Crippen LogP contribution < -0.4 is 10.5 Å². The van der Waals surface area contributed by atoms with Crippen molar-refractivity contribution in [3.63, 3.8) is 0 Å². The summed E-state index contributed by atoms with van der Waals surface area (Å²) in [5.74, 6) is 0. The molecule has 0 aromatic heterocycles. The Labute approximate surface area is 114 Å². The van der Waals surface area contributed by atoms with E-state index < -0.39 is 14.9 Å². The van der Waals surface area contributed by atoms with Gasteiger partial charge in [0.25, 0.3) is 0 Å². The second-order valence-corrected chi connectivity index (χ2v) is 6.88. The Morgan fingerprint density at radius 3 is 2.37 bits per heavy atom.